The van der Waals surface area contributed by atoms with Crippen LogP contribution in [0.15, 0.2) is 46.8 Å². The summed E-state index contributed by atoms with van der Waals surface area (Å²) in [6.07, 6.45) is 1.18. The van der Waals surface area contributed by atoms with Crippen LogP contribution in [0.5, 0.6) is 0 Å². The maximum atomic E-state index is 12.4. The molecule has 158 valence electrons. The maximum Gasteiger partial charge on any atom is 0.269 e. The van der Waals surface area contributed by atoms with E-state index in [-0.39, 0.29) is 26.6 Å². The summed E-state index contributed by atoms with van der Waals surface area (Å²) >= 11 is 18.6. The highest BCUT2D eigenvalue weighted by Crippen LogP contribution is 2.24. The van der Waals surface area contributed by atoms with Crippen molar-refractivity contribution in [2.45, 2.75) is 17.2 Å². The second kappa shape index (κ2) is 10.0. The fraction of sp³-hybridized carbons (Fsp3) is 0.167. The first-order chi connectivity index (χ1) is 14.3. The Bertz CT molecular complexity index is 1170. The van der Waals surface area contributed by atoms with E-state index in [2.05, 4.69) is 20.2 Å². The number of rotatable bonds is 8. The number of nitrogens with zero attached hydrogens (tertiary/aromatic N) is 2. The molecule has 0 fully saturated rings. The molecule has 7 nitrogen and oxygen atoms in total. The molecule has 3 rings (SSSR count). The summed E-state index contributed by atoms with van der Waals surface area (Å²) in [4.78, 5) is 12.3. The second-order valence-corrected chi connectivity index (χ2v) is 10.2. The lowest BCUT2D eigenvalue weighted by molar-refractivity contribution is 0.102. The zero-order valence-corrected chi connectivity index (χ0v) is 19.1. The Labute approximate surface area is 192 Å². The van der Waals surface area contributed by atoms with Crippen molar-refractivity contribution in [3.05, 3.63) is 68.7 Å². The highest BCUT2D eigenvalue weighted by molar-refractivity contribution is 7.91. The average Bonchev–Trinajstić information content (AvgIpc) is 3.16. The molecule has 1 amide bonds. The molecule has 1 aromatic heterocycles. The van der Waals surface area contributed by atoms with Gasteiger partial charge in [0.2, 0.25) is 9.47 Å². The van der Waals surface area contributed by atoms with Gasteiger partial charge in [-0.2, -0.15) is 0 Å². The summed E-state index contributed by atoms with van der Waals surface area (Å²) < 4.78 is 27.0. The third-order valence-electron chi connectivity index (χ3n) is 3.91. The zero-order chi connectivity index (χ0) is 21.7. The standard InChI is InChI=1S/C18H15Cl3N4O3S2/c19-12-7-8-13(15(21)10-12)16(26)23-17-24-25-18(29-17)30(27,28)22-9-3-5-11-4-1-2-6-14(11)20/h1-2,4,6-8,10,22H,3,5,9H2,(H,23,24,26). The van der Waals surface area contributed by atoms with E-state index in [0.29, 0.717) is 22.9 Å². The van der Waals surface area contributed by atoms with Crippen LogP contribution in [-0.4, -0.2) is 31.1 Å². The molecule has 2 N–H and O–H groups in total. The van der Waals surface area contributed by atoms with Gasteiger partial charge in [0.25, 0.3) is 15.9 Å². The predicted octanol–water partition coefficient (Wildman–Crippen LogP) is 4.66. The largest absolute Gasteiger partial charge is 0.296 e. The van der Waals surface area contributed by atoms with Gasteiger partial charge in [-0.1, -0.05) is 64.3 Å². The van der Waals surface area contributed by atoms with Gasteiger partial charge < -0.3 is 0 Å². The number of carbonyl (C=O) groups is 1. The van der Waals surface area contributed by atoms with Crippen molar-refractivity contribution in [2.24, 2.45) is 0 Å². The molecule has 2 aromatic carbocycles. The Hall–Kier alpha value is -1.75. The lowest BCUT2D eigenvalue weighted by Crippen LogP contribution is -2.25. The zero-order valence-electron chi connectivity index (χ0n) is 15.2. The predicted molar refractivity (Wildman–Crippen MR) is 119 cm³/mol. The molecular weight excluding hydrogens is 491 g/mol. The van der Waals surface area contributed by atoms with Crippen LogP contribution in [0.4, 0.5) is 5.13 Å². The maximum absolute atomic E-state index is 12.4. The van der Waals surface area contributed by atoms with E-state index in [1.165, 1.54) is 18.2 Å². The molecule has 0 spiro atoms. The summed E-state index contributed by atoms with van der Waals surface area (Å²) in [6, 6.07) is 11.8. The van der Waals surface area contributed by atoms with E-state index in [0.717, 1.165) is 16.9 Å². The topological polar surface area (TPSA) is 101 Å². The van der Waals surface area contributed by atoms with Crippen LogP contribution in [0.1, 0.15) is 22.3 Å². The van der Waals surface area contributed by atoms with Crippen molar-refractivity contribution in [2.75, 3.05) is 11.9 Å². The van der Waals surface area contributed by atoms with Crippen LogP contribution < -0.4 is 10.0 Å². The molecular formula is C18H15Cl3N4O3S2. The molecule has 0 atom stereocenters. The number of hydrogen-bond acceptors (Lipinski definition) is 6. The fourth-order valence-electron chi connectivity index (χ4n) is 2.46. The molecule has 0 aliphatic heterocycles. The van der Waals surface area contributed by atoms with E-state index < -0.39 is 15.9 Å². The monoisotopic (exact) mass is 504 g/mol. The molecule has 0 aliphatic rings. The Balaban J connectivity index is 1.57. The second-order valence-electron chi connectivity index (χ2n) is 6.04. The average molecular weight is 506 g/mol. The van der Waals surface area contributed by atoms with Gasteiger partial charge in [-0.3, -0.25) is 10.1 Å². The Kier molecular flexibility index (Phi) is 7.67. The molecule has 0 aliphatic carbocycles. The molecule has 30 heavy (non-hydrogen) atoms. The quantitative estimate of drug-likeness (QED) is 0.342. The molecule has 1 heterocycles. The van der Waals surface area contributed by atoms with Crippen LogP contribution in [-0.2, 0) is 16.4 Å². The molecule has 3 aromatic rings. The number of aromatic nitrogens is 2. The van der Waals surface area contributed by atoms with Crippen LogP contribution in [0.3, 0.4) is 0 Å². The van der Waals surface area contributed by atoms with Crippen molar-refractivity contribution >= 4 is 67.2 Å². The van der Waals surface area contributed by atoms with Crippen LogP contribution in [0, 0.1) is 0 Å². The number of halogens is 3. The van der Waals surface area contributed by atoms with Crippen molar-refractivity contribution < 1.29 is 13.2 Å². The summed E-state index contributed by atoms with van der Waals surface area (Å²) in [5, 5.41) is 11.1. The first-order valence-electron chi connectivity index (χ1n) is 8.59. The molecule has 12 heteroatoms. The SMILES string of the molecule is O=C(Nc1nnc(S(=O)(=O)NCCCc2ccccc2Cl)s1)c1ccc(Cl)cc1Cl. The van der Waals surface area contributed by atoms with E-state index in [4.69, 9.17) is 34.8 Å². The Morgan fingerprint density at radius 3 is 2.53 bits per heavy atom. The summed E-state index contributed by atoms with van der Waals surface area (Å²) in [6.45, 7) is 0.204. The highest BCUT2D eigenvalue weighted by atomic mass is 35.5. The smallest absolute Gasteiger partial charge is 0.269 e. The Morgan fingerprint density at radius 2 is 1.80 bits per heavy atom. The molecule has 0 radical (unpaired) electrons. The number of benzene rings is 2. The number of sulfonamides is 1. The number of amides is 1. The van der Waals surface area contributed by atoms with E-state index in [1.807, 2.05) is 18.2 Å². The van der Waals surface area contributed by atoms with Gasteiger partial charge in [0.1, 0.15) is 0 Å². The van der Waals surface area contributed by atoms with Gasteiger partial charge >= 0.3 is 0 Å². The first-order valence-corrected chi connectivity index (χ1v) is 12.0. The lowest BCUT2D eigenvalue weighted by Gasteiger charge is -2.05. The van der Waals surface area contributed by atoms with Gasteiger partial charge in [-0.05, 0) is 42.7 Å². The molecule has 0 saturated heterocycles. The van der Waals surface area contributed by atoms with Gasteiger partial charge in [-0.15, -0.1) is 10.2 Å². The Morgan fingerprint density at radius 1 is 1.03 bits per heavy atom. The summed E-state index contributed by atoms with van der Waals surface area (Å²) in [7, 11) is -3.85. The van der Waals surface area contributed by atoms with Gasteiger partial charge in [-0.25, -0.2) is 13.1 Å². The number of nitrogens with one attached hydrogen (secondary N) is 2. The minimum absolute atomic E-state index is 0.0301. The van der Waals surface area contributed by atoms with E-state index in [9.17, 15) is 13.2 Å². The van der Waals surface area contributed by atoms with Crippen molar-refractivity contribution in [1.82, 2.24) is 14.9 Å². The van der Waals surface area contributed by atoms with Gasteiger partial charge in [0.15, 0.2) is 0 Å². The number of aryl methyl sites for hydroxylation is 1. The van der Waals surface area contributed by atoms with Gasteiger partial charge in [0, 0.05) is 16.6 Å². The van der Waals surface area contributed by atoms with E-state index >= 15 is 0 Å². The van der Waals surface area contributed by atoms with Gasteiger partial charge in [0.05, 0.1) is 10.6 Å². The highest BCUT2D eigenvalue weighted by Gasteiger charge is 2.21. The van der Waals surface area contributed by atoms with Crippen LogP contribution >= 0.6 is 46.1 Å². The first kappa shape index (κ1) is 22.9. The van der Waals surface area contributed by atoms with Crippen LogP contribution in [0.25, 0.3) is 0 Å². The molecule has 0 saturated carbocycles. The minimum Gasteiger partial charge on any atom is -0.296 e. The normalized spacial score (nSPS) is 11.4. The third kappa shape index (κ3) is 5.90. The van der Waals surface area contributed by atoms with Crippen molar-refractivity contribution in [3.8, 4) is 0 Å². The number of carbonyl (C=O) groups excluding carboxylic acids is 1. The lowest BCUT2D eigenvalue weighted by atomic mass is 10.1. The van der Waals surface area contributed by atoms with Crippen molar-refractivity contribution in [3.63, 3.8) is 0 Å². The number of hydrogen-bond donors (Lipinski definition) is 2. The van der Waals surface area contributed by atoms with Crippen LogP contribution in [0.2, 0.25) is 15.1 Å². The van der Waals surface area contributed by atoms with E-state index in [1.54, 1.807) is 6.07 Å². The minimum atomic E-state index is -3.85. The molecule has 0 bridgehead atoms. The third-order valence-corrected chi connectivity index (χ3v) is 7.49. The molecule has 0 unspecified atom stereocenters. The summed E-state index contributed by atoms with van der Waals surface area (Å²) in [5.74, 6) is -0.551. The fourth-order valence-corrected chi connectivity index (χ4v) is 5.19. The number of anilines is 1. The summed E-state index contributed by atoms with van der Waals surface area (Å²) in [5.41, 5.74) is 1.12. The van der Waals surface area contributed by atoms with Crippen molar-refractivity contribution in [1.29, 1.82) is 0 Å².